The van der Waals surface area contributed by atoms with Crippen LogP contribution in [0.5, 0.6) is 0 Å². The Morgan fingerprint density at radius 1 is 1.58 bits per heavy atom. The van der Waals surface area contributed by atoms with Crippen LogP contribution >= 0.6 is 0 Å². The van der Waals surface area contributed by atoms with Gasteiger partial charge < -0.3 is 15.6 Å². The summed E-state index contributed by atoms with van der Waals surface area (Å²) in [5.74, 6) is 1.03. The lowest BCUT2D eigenvalue weighted by molar-refractivity contribution is -0.125. The number of primary amides is 1. The summed E-state index contributed by atoms with van der Waals surface area (Å²) in [6, 6.07) is 0.504. The van der Waals surface area contributed by atoms with Crippen molar-refractivity contribution < 1.29 is 4.79 Å². The van der Waals surface area contributed by atoms with E-state index < -0.39 is 0 Å². The van der Waals surface area contributed by atoms with E-state index in [1.165, 1.54) is 0 Å². The van der Waals surface area contributed by atoms with Crippen LogP contribution in [-0.4, -0.2) is 27.5 Å². The molecule has 1 aromatic heterocycles. The third-order valence-corrected chi connectivity index (χ3v) is 4.14. The molecule has 5 heteroatoms. The van der Waals surface area contributed by atoms with Crippen LogP contribution in [0.1, 0.15) is 33.0 Å². The monoisotopic (exact) mass is 264 g/mol. The second kappa shape index (κ2) is 5.74. The van der Waals surface area contributed by atoms with E-state index in [0.717, 1.165) is 25.2 Å². The molecule has 0 aromatic carbocycles. The minimum atomic E-state index is -0.202. The highest BCUT2D eigenvalue weighted by Gasteiger charge is 2.37. The molecule has 0 bridgehead atoms. The number of aryl methyl sites for hydroxylation is 1. The van der Waals surface area contributed by atoms with Gasteiger partial charge in [0.05, 0.1) is 5.92 Å². The number of nitrogens with two attached hydrogens (primary N) is 1. The molecule has 0 radical (unpaired) electrons. The molecule has 19 heavy (non-hydrogen) atoms. The van der Waals surface area contributed by atoms with Gasteiger partial charge in [0.2, 0.25) is 5.91 Å². The number of nitrogens with zero attached hydrogens (tertiary/aromatic N) is 2. The first-order chi connectivity index (χ1) is 9.02. The number of rotatable bonds is 4. The van der Waals surface area contributed by atoms with E-state index in [1.807, 2.05) is 12.4 Å². The number of aromatic nitrogens is 2. The smallest absolute Gasteiger partial charge is 0.222 e. The Bertz CT molecular complexity index is 442. The molecular formula is C14H24N4O. The van der Waals surface area contributed by atoms with E-state index in [-0.39, 0.29) is 17.9 Å². The van der Waals surface area contributed by atoms with Crippen molar-refractivity contribution in [1.29, 1.82) is 0 Å². The van der Waals surface area contributed by atoms with E-state index in [4.69, 9.17) is 5.73 Å². The van der Waals surface area contributed by atoms with Gasteiger partial charge in [0.15, 0.2) is 0 Å². The fraction of sp³-hybridized carbons (Fsp3) is 0.714. The SMILES string of the molecule is CCn1ccnc1CC1NC(C)CC(C)C1C(N)=O. The quantitative estimate of drug-likeness (QED) is 0.850. The molecule has 1 saturated heterocycles. The maximum Gasteiger partial charge on any atom is 0.222 e. The number of hydrogen-bond acceptors (Lipinski definition) is 3. The lowest BCUT2D eigenvalue weighted by atomic mass is 9.77. The minimum absolute atomic E-state index is 0.0870. The zero-order valence-corrected chi connectivity index (χ0v) is 12.0. The number of nitrogens with one attached hydrogen (secondary N) is 1. The maximum absolute atomic E-state index is 11.7. The van der Waals surface area contributed by atoms with E-state index in [9.17, 15) is 4.79 Å². The van der Waals surface area contributed by atoms with Crippen LogP contribution in [0, 0.1) is 11.8 Å². The van der Waals surface area contributed by atoms with E-state index in [2.05, 4.69) is 35.6 Å². The van der Waals surface area contributed by atoms with Gasteiger partial charge in [-0.3, -0.25) is 4.79 Å². The molecule has 4 unspecified atom stereocenters. The number of carbonyl (C=O) groups is 1. The molecule has 1 aromatic rings. The molecule has 4 atom stereocenters. The third kappa shape index (κ3) is 2.97. The first kappa shape index (κ1) is 14.1. The molecule has 2 heterocycles. The number of piperidine rings is 1. The van der Waals surface area contributed by atoms with E-state index >= 15 is 0 Å². The summed E-state index contributed by atoms with van der Waals surface area (Å²) in [5, 5.41) is 3.51. The number of imidazole rings is 1. The van der Waals surface area contributed by atoms with Crippen molar-refractivity contribution in [3.63, 3.8) is 0 Å². The third-order valence-electron chi connectivity index (χ3n) is 4.14. The fourth-order valence-corrected chi connectivity index (χ4v) is 3.32. The lowest BCUT2D eigenvalue weighted by Gasteiger charge is -2.39. The minimum Gasteiger partial charge on any atom is -0.369 e. The first-order valence-corrected chi connectivity index (χ1v) is 7.08. The second-order valence-electron chi connectivity index (χ2n) is 5.65. The van der Waals surface area contributed by atoms with Gasteiger partial charge in [0, 0.05) is 37.4 Å². The van der Waals surface area contributed by atoms with E-state index in [1.54, 1.807) is 0 Å². The Morgan fingerprint density at radius 3 is 2.95 bits per heavy atom. The van der Waals surface area contributed by atoms with Gasteiger partial charge in [0.25, 0.3) is 0 Å². The molecule has 1 aliphatic heterocycles. The second-order valence-corrected chi connectivity index (χ2v) is 5.65. The summed E-state index contributed by atoms with van der Waals surface area (Å²) in [6.45, 7) is 7.27. The van der Waals surface area contributed by atoms with Gasteiger partial charge in [0.1, 0.15) is 5.82 Å². The van der Waals surface area contributed by atoms with Crippen LogP contribution < -0.4 is 11.1 Å². The molecule has 1 aliphatic rings. The van der Waals surface area contributed by atoms with Crippen LogP contribution in [0.25, 0.3) is 0 Å². The Hall–Kier alpha value is -1.36. The van der Waals surface area contributed by atoms with Crippen molar-refractivity contribution >= 4 is 5.91 Å². The fourth-order valence-electron chi connectivity index (χ4n) is 3.32. The summed E-state index contributed by atoms with van der Waals surface area (Å²) in [5.41, 5.74) is 5.59. The Kier molecular flexibility index (Phi) is 4.24. The molecule has 106 valence electrons. The highest BCUT2D eigenvalue weighted by molar-refractivity contribution is 5.78. The van der Waals surface area contributed by atoms with Crippen molar-refractivity contribution in [3.8, 4) is 0 Å². The Morgan fingerprint density at radius 2 is 2.32 bits per heavy atom. The van der Waals surface area contributed by atoms with Gasteiger partial charge in [-0.2, -0.15) is 0 Å². The molecule has 0 saturated carbocycles. The molecule has 0 spiro atoms. The molecule has 2 rings (SSSR count). The lowest BCUT2D eigenvalue weighted by Crippen LogP contribution is -2.55. The van der Waals surface area contributed by atoms with Crippen LogP contribution in [-0.2, 0) is 17.8 Å². The normalized spacial score (nSPS) is 31.3. The zero-order valence-electron chi connectivity index (χ0n) is 12.0. The molecule has 5 nitrogen and oxygen atoms in total. The standard InChI is InChI=1S/C14H24N4O/c1-4-18-6-5-16-12(18)8-11-13(14(15)19)9(2)7-10(3)17-11/h5-6,9-11,13,17H,4,7-8H2,1-3H3,(H2,15,19). The van der Waals surface area contributed by atoms with Crippen molar-refractivity contribution in [2.24, 2.45) is 17.6 Å². The van der Waals surface area contributed by atoms with Gasteiger partial charge in [-0.05, 0) is 26.2 Å². The highest BCUT2D eigenvalue weighted by Crippen LogP contribution is 2.27. The summed E-state index contributed by atoms with van der Waals surface area (Å²) < 4.78 is 2.11. The molecule has 3 N–H and O–H groups in total. The predicted molar refractivity (Wildman–Crippen MR) is 74.5 cm³/mol. The van der Waals surface area contributed by atoms with Crippen LogP contribution in [0.2, 0.25) is 0 Å². The van der Waals surface area contributed by atoms with Crippen molar-refractivity contribution in [1.82, 2.24) is 14.9 Å². The maximum atomic E-state index is 11.7. The van der Waals surface area contributed by atoms with Gasteiger partial charge in [-0.25, -0.2) is 4.98 Å². The van der Waals surface area contributed by atoms with Gasteiger partial charge >= 0.3 is 0 Å². The average Bonchev–Trinajstić information content (AvgIpc) is 2.74. The topological polar surface area (TPSA) is 72.9 Å². The first-order valence-electron chi connectivity index (χ1n) is 7.08. The number of hydrogen-bond donors (Lipinski definition) is 2. The molecule has 1 amide bonds. The predicted octanol–water partition coefficient (Wildman–Crippen LogP) is 0.933. The van der Waals surface area contributed by atoms with Gasteiger partial charge in [-0.15, -0.1) is 0 Å². The zero-order chi connectivity index (χ0) is 14.0. The molecule has 0 aliphatic carbocycles. The highest BCUT2D eigenvalue weighted by atomic mass is 16.1. The largest absolute Gasteiger partial charge is 0.369 e. The summed E-state index contributed by atoms with van der Waals surface area (Å²) in [4.78, 5) is 16.1. The average molecular weight is 264 g/mol. The molecular weight excluding hydrogens is 240 g/mol. The summed E-state index contributed by atoms with van der Waals surface area (Å²) in [6.07, 6.45) is 5.54. The van der Waals surface area contributed by atoms with Gasteiger partial charge in [-0.1, -0.05) is 6.92 Å². The Labute approximate surface area is 114 Å². The van der Waals surface area contributed by atoms with E-state index in [0.29, 0.717) is 12.0 Å². The van der Waals surface area contributed by atoms with Crippen molar-refractivity contribution in [2.45, 2.75) is 52.2 Å². The Balaban J connectivity index is 2.17. The number of carbonyl (C=O) groups excluding carboxylic acids is 1. The van der Waals surface area contributed by atoms with Crippen LogP contribution in [0.3, 0.4) is 0 Å². The van der Waals surface area contributed by atoms with Crippen molar-refractivity contribution in [2.75, 3.05) is 0 Å². The summed E-state index contributed by atoms with van der Waals surface area (Å²) >= 11 is 0. The summed E-state index contributed by atoms with van der Waals surface area (Å²) in [7, 11) is 0. The number of amides is 1. The van der Waals surface area contributed by atoms with Crippen molar-refractivity contribution in [3.05, 3.63) is 18.2 Å². The van der Waals surface area contributed by atoms with Crippen LogP contribution in [0.15, 0.2) is 12.4 Å². The van der Waals surface area contributed by atoms with Crippen LogP contribution in [0.4, 0.5) is 0 Å². The molecule has 1 fully saturated rings.